The molecule has 0 saturated carbocycles. The van der Waals surface area contributed by atoms with Crippen LogP contribution in [-0.2, 0) is 19.1 Å². The van der Waals surface area contributed by atoms with Crippen molar-refractivity contribution in [3.63, 3.8) is 0 Å². The van der Waals surface area contributed by atoms with Crippen LogP contribution in [0.3, 0.4) is 0 Å². The van der Waals surface area contributed by atoms with Gasteiger partial charge >= 0.3 is 7.12 Å². The average molecular weight is 404 g/mol. The van der Waals surface area contributed by atoms with E-state index in [4.69, 9.17) is 9.31 Å². The number of ketones is 1. The zero-order valence-corrected chi connectivity index (χ0v) is 17.9. The monoisotopic (exact) mass is 404 g/mol. The van der Waals surface area contributed by atoms with Gasteiger partial charge in [-0.2, -0.15) is 0 Å². The molecular weight excluding hydrogens is 375 g/mol. The van der Waals surface area contributed by atoms with Gasteiger partial charge in [0.25, 0.3) is 0 Å². The first kappa shape index (κ1) is 20.1. The summed E-state index contributed by atoms with van der Waals surface area (Å²) in [6.07, 6.45) is 3.29. The topological polar surface area (TPSA) is 69.7 Å². The Balaban J connectivity index is 1.48. The minimum absolute atomic E-state index is 0.0623. The van der Waals surface area contributed by atoms with Gasteiger partial charge in [0.2, 0.25) is 0 Å². The van der Waals surface area contributed by atoms with E-state index in [0.717, 1.165) is 11.9 Å². The van der Waals surface area contributed by atoms with Crippen LogP contribution in [0.1, 0.15) is 70.2 Å². The van der Waals surface area contributed by atoms with Crippen molar-refractivity contribution >= 4 is 28.2 Å². The van der Waals surface area contributed by atoms with Crippen LogP contribution >= 0.6 is 0 Å². The van der Waals surface area contributed by atoms with Crippen molar-refractivity contribution < 1.29 is 22.5 Å². The van der Waals surface area contributed by atoms with Crippen molar-refractivity contribution in [3.8, 4) is 0 Å². The predicted octanol–water partition coefficient (Wildman–Crippen LogP) is 2.91. The molecule has 5 nitrogen and oxygen atoms in total. The Kier molecular flexibility index (Phi) is 4.80. The molecule has 3 aliphatic rings. The van der Waals surface area contributed by atoms with E-state index in [1.54, 1.807) is 0 Å². The number of rotatable bonds is 3. The van der Waals surface area contributed by atoms with Gasteiger partial charge in [0.05, 0.1) is 21.7 Å². The Morgan fingerprint density at radius 1 is 0.964 bits per heavy atom. The van der Waals surface area contributed by atoms with Crippen molar-refractivity contribution in [2.45, 2.75) is 81.5 Å². The molecule has 0 aliphatic carbocycles. The molecule has 4 rings (SSSR count). The molecule has 3 fully saturated rings. The maximum absolute atomic E-state index is 13.0. The van der Waals surface area contributed by atoms with Crippen molar-refractivity contribution in [1.29, 1.82) is 0 Å². The molecule has 0 amide bonds. The van der Waals surface area contributed by atoms with Crippen LogP contribution in [0.15, 0.2) is 24.3 Å². The highest BCUT2D eigenvalue weighted by Gasteiger charge is 2.51. The normalized spacial score (nSPS) is 32.9. The number of hydrogen-bond acceptors (Lipinski definition) is 5. The molecule has 0 radical (unpaired) electrons. The molecule has 2 atom stereocenters. The third kappa shape index (κ3) is 3.25. The number of sulfone groups is 1. The quantitative estimate of drug-likeness (QED) is 0.572. The maximum atomic E-state index is 13.0. The van der Waals surface area contributed by atoms with Crippen LogP contribution < -0.4 is 5.46 Å². The molecule has 0 aromatic heterocycles. The summed E-state index contributed by atoms with van der Waals surface area (Å²) in [7, 11) is -3.49. The van der Waals surface area contributed by atoms with E-state index in [-0.39, 0.29) is 22.2 Å². The van der Waals surface area contributed by atoms with Gasteiger partial charge in [-0.3, -0.25) is 4.79 Å². The van der Waals surface area contributed by atoms with Crippen molar-refractivity contribution in [1.82, 2.24) is 0 Å². The summed E-state index contributed by atoms with van der Waals surface area (Å²) in [6, 6.07) is 7.41. The molecule has 2 unspecified atom stereocenters. The Hall–Kier alpha value is -1.18. The lowest BCUT2D eigenvalue weighted by Crippen LogP contribution is -2.45. The van der Waals surface area contributed by atoms with Gasteiger partial charge < -0.3 is 9.31 Å². The number of Topliss-reactive ketones (excluding diaryl/α,β-unsaturated/α-hetero) is 1. The van der Waals surface area contributed by atoms with E-state index >= 15 is 0 Å². The minimum atomic E-state index is -3.04. The van der Waals surface area contributed by atoms with E-state index in [1.165, 1.54) is 0 Å². The molecule has 3 aliphatic heterocycles. The first-order chi connectivity index (χ1) is 13.0. The summed E-state index contributed by atoms with van der Waals surface area (Å²) in [5.41, 5.74) is 0.718. The van der Waals surface area contributed by atoms with Crippen LogP contribution in [0.2, 0.25) is 0 Å². The van der Waals surface area contributed by atoms with Gasteiger partial charge in [0.1, 0.15) is 0 Å². The third-order valence-electron chi connectivity index (χ3n) is 7.17. The zero-order chi connectivity index (χ0) is 20.3. The van der Waals surface area contributed by atoms with Crippen LogP contribution in [0, 0.1) is 5.92 Å². The summed E-state index contributed by atoms with van der Waals surface area (Å²) < 4.78 is 37.0. The smallest absolute Gasteiger partial charge is 0.399 e. The summed E-state index contributed by atoms with van der Waals surface area (Å²) in [6.45, 7) is 8.05. The highest BCUT2D eigenvalue weighted by molar-refractivity contribution is 7.92. The van der Waals surface area contributed by atoms with Crippen LogP contribution in [0.5, 0.6) is 0 Å². The first-order valence-corrected chi connectivity index (χ1v) is 11.8. The number of benzene rings is 1. The van der Waals surface area contributed by atoms with E-state index in [9.17, 15) is 13.2 Å². The predicted molar refractivity (Wildman–Crippen MR) is 110 cm³/mol. The van der Waals surface area contributed by atoms with Gasteiger partial charge in [-0.1, -0.05) is 30.7 Å². The SMILES string of the molecule is CC1(C)OB(c2ccc(C(=O)C3CC4CCCC(C3)S4(=O)=O)cc2)OC1(C)C. The largest absolute Gasteiger partial charge is 0.494 e. The Morgan fingerprint density at radius 3 is 1.96 bits per heavy atom. The van der Waals surface area contributed by atoms with Gasteiger partial charge in [0.15, 0.2) is 15.6 Å². The van der Waals surface area contributed by atoms with Gasteiger partial charge in [-0.25, -0.2) is 8.42 Å². The summed E-state index contributed by atoms with van der Waals surface area (Å²) in [5, 5.41) is -0.670. The molecular formula is C21H29BO5S. The van der Waals surface area contributed by atoms with E-state index in [2.05, 4.69) is 0 Å². The highest BCUT2D eigenvalue weighted by Crippen LogP contribution is 2.40. The zero-order valence-electron chi connectivity index (χ0n) is 17.1. The third-order valence-corrected chi connectivity index (χ3v) is 9.88. The second-order valence-electron chi connectivity index (χ2n) is 9.51. The molecule has 7 heteroatoms. The Bertz CT molecular complexity index is 839. The number of carbonyl (C=O) groups is 1. The van der Waals surface area contributed by atoms with Crippen LogP contribution in [0.4, 0.5) is 0 Å². The Labute approximate surface area is 168 Å². The lowest BCUT2D eigenvalue weighted by atomic mass is 9.78. The first-order valence-electron chi connectivity index (χ1n) is 10.2. The van der Waals surface area contributed by atoms with Gasteiger partial charge in [0, 0.05) is 11.5 Å². The van der Waals surface area contributed by atoms with Gasteiger partial charge in [-0.05, 0) is 58.8 Å². The molecule has 3 heterocycles. The lowest BCUT2D eigenvalue weighted by molar-refractivity contribution is 0.00578. The molecule has 28 heavy (non-hydrogen) atoms. The molecule has 1 aromatic rings. The van der Waals surface area contributed by atoms with Crippen LogP contribution in [0.25, 0.3) is 0 Å². The molecule has 3 saturated heterocycles. The van der Waals surface area contributed by atoms with E-state index in [0.29, 0.717) is 31.2 Å². The lowest BCUT2D eigenvalue weighted by Gasteiger charge is -2.38. The molecule has 0 spiro atoms. The highest BCUT2D eigenvalue weighted by atomic mass is 32.2. The van der Waals surface area contributed by atoms with Crippen molar-refractivity contribution in [2.24, 2.45) is 5.92 Å². The van der Waals surface area contributed by atoms with E-state index in [1.807, 2.05) is 52.0 Å². The maximum Gasteiger partial charge on any atom is 0.494 e. The van der Waals surface area contributed by atoms with Crippen molar-refractivity contribution in [3.05, 3.63) is 29.8 Å². The molecule has 2 bridgehead atoms. The minimum Gasteiger partial charge on any atom is -0.399 e. The summed E-state index contributed by atoms with van der Waals surface area (Å²) in [5.74, 6) is -0.131. The number of hydrogen-bond donors (Lipinski definition) is 0. The number of fused-ring (bicyclic) bond motifs is 2. The second-order valence-corrected chi connectivity index (χ2v) is 12.0. The number of carbonyl (C=O) groups excluding carboxylic acids is 1. The average Bonchev–Trinajstić information content (AvgIpc) is 2.81. The summed E-state index contributed by atoms with van der Waals surface area (Å²) in [4.78, 5) is 13.0. The van der Waals surface area contributed by atoms with E-state index < -0.39 is 28.2 Å². The fraction of sp³-hybridized carbons (Fsp3) is 0.667. The van der Waals surface area contributed by atoms with Gasteiger partial charge in [-0.15, -0.1) is 0 Å². The Morgan fingerprint density at radius 2 is 1.46 bits per heavy atom. The molecule has 152 valence electrons. The second kappa shape index (κ2) is 6.68. The summed E-state index contributed by atoms with van der Waals surface area (Å²) >= 11 is 0. The van der Waals surface area contributed by atoms with Crippen molar-refractivity contribution in [2.75, 3.05) is 0 Å². The molecule has 1 aromatic carbocycles. The van der Waals surface area contributed by atoms with Crippen LogP contribution in [-0.4, -0.2) is 43.0 Å². The molecule has 0 N–H and O–H groups in total. The standard InChI is InChI=1S/C21H29BO5S/c1-20(2)21(3,4)27-22(26-20)16-10-8-14(9-11-16)19(23)15-12-17-6-5-7-18(13-15)28(17,24)25/h8-11,15,17-18H,5-7,12-13H2,1-4H3. The fourth-order valence-electron chi connectivity index (χ4n) is 4.64. The fourth-order valence-corrected chi connectivity index (χ4v) is 7.18.